The number of halogens is 2. The van der Waals surface area contributed by atoms with Crippen LogP contribution < -0.4 is 0 Å². The fraction of sp³-hybridized carbons (Fsp3) is 0.600. The second-order valence-electron chi connectivity index (χ2n) is 5.35. The van der Waals surface area contributed by atoms with E-state index < -0.39 is 0 Å². The van der Waals surface area contributed by atoms with Gasteiger partial charge in [-0.15, -0.1) is 0 Å². The van der Waals surface area contributed by atoms with Crippen LogP contribution in [-0.4, -0.2) is 18.8 Å². The molecule has 106 valence electrons. The lowest BCUT2D eigenvalue weighted by Crippen LogP contribution is -2.17. The van der Waals surface area contributed by atoms with Crippen molar-refractivity contribution in [3.8, 4) is 0 Å². The number of benzene rings is 1. The van der Waals surface area contributed by atoms with E-state index in [1.54, 1.807) is 6.07 Å². The van der Waals surface area contributed by atoms with Crippen molar-refractivity contribution in [2.24, 2.45) is 5.92 Å². The molecule has 0 aliphatic carbocycles. The maximum Gasteiger partial charge on any atom is 0.0816 e. The Kier molecular flexibility index (Phi) is 5.13. The van der Waals surface area contributed by atoms with Gasteiger partial charge in [-0.2, -0.15) is 0 Å². The zero-order valence-corrected chi connectivity index (χ0v) is 13.0. The van der Waals surface area contributed by atoms with Crippen molar-refractivity contribution in [1.29, 1.82) is 0 Å². The molecule has 1 aromatic carbocycles. The van der Waals surface area contributed by atoms with Crippen molar-refractivity contribution in [2.75, 3.05) is 6.61 Å². The Hall–Kier alpha value is -0.280. The highest BCUT2D eigenvalue weighted by atomic mass is 35.5. The van der Waals surface area contributed by atoms with Crippen LogP contribution in [-0.2, 0) is 9.47 Å². The molecule has 0 amide bonds. The zero-order chi connectivity index (χ0) is 14.0. The molecule has 0 aromatic heterocycles. The Bertz CT molecular complexity index is 406. The summed E-state index contributed by atoms with van der Waals surface area (Å²) in [5.41, 5.74) is 0.997. The lowest BCUT2D eigenvalue weighted by atomic mass is 10.0. The number of ether oxygens (including phenoxy) is 2. The van der Waals surface area contributed by atoms with Gasteiger partial charge in [-0.3, -0.25) is 0 Å². The summed E-state index contributed by atoms with van der Waals surface area (Å²) in [6.45, 7) is 6.94. The summed E-state index contributed by atoms with van der Waals surface area (Å²) in [5, 5.41) is 1.27. The van der Waals surface area contributed by atoms with E-state index in [-0.39, 0.29) is 12.2 Å². The van der Waals surface area contributed by atoms with E-state index in [4.69, 9.17) is 32.7 Å². The molecule has 1 saturated heterocycles. The average Bonchev–Trinajstić information content (AvgIpc) is 2.64. The number of rotatable bonds is 4. The average molecular weight is 303 g/mol. The van der Waals surface area contributed by atoms with Crippen LogP contribution >= 0.6 is 23.2 Å². The van der Waals surface area contributed by atoms with Crippen LogP contribution in [0.1, 0.15) is 38.9 Å². The number of hydrogen-bond donors (Lipinski definition) is 0. The van der Waals surface area contributed by atoms with Gasteiger partial charge < -0.3 is 9.47 Å². The summed E-state index contributed by atoms with van der Waals surface area (Å²) >= 11 is 12.0. The molecule has 1 heterocycles. The van der Waals surface area contributed by atoms with Crippen LogP contribution in [0, 0.1) is 5.92 Å². The van der Waals surface area contributed by atoms with E-state index in [2.05, 4.69) is 13.8 Å². The largest absolute Gasteiger partial charge is 0.373 e. The molecule has 4 atom stereocenters. The molecule has 2 nitrogen and oxygen atoms in total. The topological polar surface area (TPSA) is 18.5 Å². The summed E-state index contributed by atoms with van der Waals surface area (Å²) in [6, 6.07) is 5.50. The lowest BCUT2D eigenvalue weighted by molar-refractivity contribution is -0.0352. The van der Waals surface area contributed by atoms with Crippen LogP contribution in [0.4, 0.5) is 0 Å². The molecule has 4 heteroatoms. The second kappa shape index (κ2) is 6.45. The number of hydrogen-bond acceptors (Lipinski definition) is 2. The summed E-state index contributed by atoms with van der Waals surface area (Å²) in [4.78, 5) is 0. The molecule has 0 radical (unpaired) electrons. The fourth-order valence-corrected chi connectivity index (χ4v) is 2.91. The van der Waals surface area contributed by atoms with Gasteiger partial charge in [0, 0.05) is 10.0 Å². The van der Waals surface area contributed by atoms with Gasteiger partial charge in [-0.05, 0) is 49.9 Å². The van der Waals surface area contributed by atoms with E-state index in [1.807, 2.05) is 19.1 Å². The Balaban J connectivity index is 1.89. The van der Waals surface area contributed by atoms with E-state index in [0.29, 0.717) is 28.7 Å². The first-order valence-corrected chi connectivity index (χ1v) is 7.44. The highest BCUT2D eigenvalue weighted by molar-refractivity contribution is 6.34. The van der Waals surface area contributed by atoms with Gasteiger partial charge in [0.15, 0.2) is 0 Å². The molecule has 1 unspecified atom stereocenters. The van der Waals surface area contributed by atoms with Gasteiger partial charge in [-0.1, -0.05) is 30.1 Å². The smallest absolute Gasteiger partial charge is 0.0816 e. The summed E-state index contributed by atoms with van der Waals surface area (Å²) in [7, 11) is 0. The first-order chi connectivity index (χ1) is 8.95. The molecular weight excluding hydrogens is 283 g/mol. The van der Waals surface area contributed by atoms with E-state index in [0.717, 1.165) is 12.0 Å². The molecule has 2 rings (SSSR count). The SMILES string of the molecule is C[C@@H]1CC(CO[C@H](C)c2cc(Cl)cc(Cl)c2)O[C@H]1C. The molecule has 19 heavy (non-hydrogen) atoms. The third-order valence-corrected chi connectivity index (χ3v) is 4.17. The standard InChI is InChI=1S/C15H20Cl2O2/c1-9-4-15(19-10(9)2)8-18-11(3)12-5-13(16)7-14(17)6-12/h5-7,9-11,15H,4,8H2,1-3H3/t9-,10+,11-,15?/m1/s1. The monoisotopic (exact) mass is 302 g/mol. The van der Waals surface area contributed by atoms with Crippen LogP contribution in [0.25, 0.3) is 0 Å². The second-order valence-corrected chi connectivity index (χ2v) is 6.23. The van der Waals surface area contributed by atoms with E-state index >= 15 is 0 Å². The minimum Gasteiger partial charge on any atom is -0.373 e. The van der Waals surface area contributed by atoms with Crippen LogP contribution in [0.15, 0.2) is 18.2 Å². The van der Waals surface area contributed by atoms with Crippen LogP contribution in [0.2, 0.25) is 10.0 Å². The van der Waals surface area contributed by atoms with Gasteiger partial charge in [0.05, 0.1) is 24.9 Å². The maximum atomic E-state index is 6.00. The normalized spacial score (nSPS) is 28.6. The van der Waals surface area contributed by atoms with Crippen molar-refractivity contribution in [2.45, 2.75) is 45.5 Å². The van der Waals surface area contributed by atoms with Gasteiger partial charge in [0.1, 0.15) is 0 Å². The van der Waals surface area contributed by atoms with Crippen LogP contribution in [0.5, 0.6) is 0 Å². The van der Waals surface area contributed by atoms with Crippen molar-refractivity contribution in [3.63, 3.8) is 0 Å². The highest BCUT2D eigenvalue weighted by Gasteiger charge is 2.29. The Morgan fingerprint density at radius 1 is 1.26 bits per heavy atom. The van der Waals surface area contributed by atoms with Crippen LogP contribution in [0.3, 0.4) is 0 Å². The molecule has 0 N–H and O–H groups in total. The highest BCUT2D eigenvalue weighted by Crippen LogP contribution is 2.29. The van der Waals surface area contributed by atoms with Gasteiger partial charge in [0.2, 0.25) is 0 Å². The lowest BCUT2D eigenvalue weighted by Gasteiger charge is -2.17. The maximum absolute atomic E-state index is 6.00. The van der Waals surface area contributed by atoms with E-state index in [1.165, 1.54) is 0 Å². The van der Waals surface area contributed by atoms with Crippen molar-refractivity contribution in [1.82, 2.24) is 0 Å². The molecule has 1 aliphatic heterocycles. The Labute approximate surface area is 125 Å². The van der Waals surface area contributed by atoms with E-state index in [9.17, 15) is 0 Å². The third kappa shape index (κ3) is 4.09. The summed E-state index contributed by atoms with van der Waals surface area (Å²) < 4.78 is 11.7. The molecule has 0 bridgehead atoms. The minimum absolute atomic E-state index is 0.0361. The van der Waals surface area contributed by atoms with Gasteiger partial charge in [0.25, 0.3) is 0 Å². The summed E-state index contributed by atoms with van der Waals surface area (Å²) in [6.07, 6.45) is 1.54. The van der Waals surface area contributed by atoms with Gasteiger partial charge >= 0.3 is 0 Å². The molecule has 0 saturated carbocycles. The van der Waals surface area contributed by atoms with Crippen molar-refractivity contribution < 1.29 is 9.47 Å². The predicted octanol–water partition coefficient (Wildman–Crippen LogP) is 4.88. The Morgan fingerprint density at radius 2 is 1.89 bits per heavy atom. The fourth-order valence-electron chi connectivity index (χ4n) is 2.36. The van der Waals surface area contributed by atoms with Gasteiger partial charge in [-0.25, -0.2) is 0 Å². The molecular formula is C15H20Cl2O2. The summed E-state index contributed by atoms with van der Waals surface area (Å²) in [5.74, 6) is 0.601. The quantitative estimate of drug-likeness (QED) is 0.789. The van der Waals surface area contributed by atoms with Crippen molar-refractivity contribution in [3.05, 3.63) is 33.8 Å². The molecule has 0 spiro atoms. The molecule has 1 fully saturated rings. The Morgan fingerprint density at radius 3 is 2.42 bits per heavy atom. The minimum atomic E-state index is -0.0361. The van der Waals surface area contributed by atoms with Crippen molar-refractivity contribution >= 4 is 23.2 Å². The zero-order valence-electron chi connectivity index (χ0n) is 11.5. The third-order valence-electron chi connectivity index (χ3n) is 3.73. The molecule has 1 aliphatic rings. The first-order valence-electron chi connectivity index (χ1n) is 6.68. The first kappa shape index (κ1) is 15.1. The predicted molar refractivity (Wildman–Crippen MR) is 78.9 cm³/mol. The molecule has 1 aromatic rings.